The van der Waals surface area contributed by atoms with Crippen LogP contribution in [0.15, 0.2) is 36.5 Å². The number of hydrogen-bond donors (Lipinski definition) is 2. The van der Waals surface area contributed by atoms with E-state index < -0.39 is 0 Å². The monoisotopic (exact) mass is 411 g/mol. The number of aromatic nitrogens is 1. The summed E-state index contributed by atoms with van der Waals surface area (Å²) in [6.45, 7) is 2.87. The van der Waals surface area contributed by atoms with Gasteiger partial charge in [0.1, 0.15) is 5.75 Å². The molecule has 6 heteroatoms. The molecule has 4 nitrogen and oxygen atoms in total. The fraction of sp³-hybridized carbons (Fsp3) is 0.476. The van der Waals surface area contributed by atoms with Gasteiger partial charge < -0.3 is 15.4 Å². The van der Waals surface area contributed by atoms with Crippen molar-refractivity contribution in [1.82, 2.24) is 15.6 Å². The molecule has 1 aliphatic rings. The van der Waals surface area contributed by atoms with Crippen LogP contribution in [0.1, 0.15) is 36.9 Å². The number of nitrogens with zero attached hydrogens (tertiary/aromatic N) is 1. The van der Waals surface area contributed by atoms with Crippen LogP contribution in [0.3, 0.4) is 0 Å². The van der Waals surface area contributed by atoms with E-state index in [1.165, 1.54) is 42.4 Å². The topological polar surface area (TPSA) is 46.2 Å². The molecule has 1 aromatic carbocycles. The Morgan fingerprint density at radius 3 is 2.30 bits per heavy atom. The quantitative estimate of drug-likeness (QED) is 0.732. The highest BCUT2D eigenvalue weighted by atomic mass is 35.5. The summed E-state index contributed by atoms with van der Waals surface area (Å²) in [6.07, 6.45) is 6.84. The van der Waals surface area contributed by atoms with Crippen LogP contribution in [0.2, 0.25) is 0 Å². The van der Waals surface area contributed by atoms with Crippen LogP contribution in [0.5, 0.6) is 5.75 Å². The van der Waals surface area contributed by atoms with E-state index in [1.807, 2.05) is 13.1 Å². The molecule has 150 valence electrons. The van der Waals surface area contributed by atoms with E-state index in [1.54, 1.807) is 7.11 Å². The number of methoxy groups -OCH3 is 1. The van der Waals surface area contributed by atoms with E-state index in [4.69, 9.17) is 4.74 Å². The molecule has 0 bridgehead atoms. The molecule has 3 rings (SSSR count). The number of rotatable bonds is 6. The predicted octanol–water partition coefficient (Wildman–Crippen LogP) is 4.53. The molecule has 0 atom stereocenters. The lowest BCUT2D eigenvalue weighted by Gasteiger charge is -2.29. The Labute approximate surface area is 175 Å². The minimum atomic E-state index is 0. The summed E-state index contributed by atoms with van der Waals surface area (Å²) in [5.41, 5.74) is 4.66. The minimum absolute atomic E-state index is 0. The highest BCUT2D eigenvalue weighted by Gasteiger charge is 2.19. The van der Waals surface area contributed by atoms with Gasteiger partial charge in [-0.15, -0.1) is 24.8 Å². The van der Waals surface area contributed by atoms with Gasteiger partial charge in [0.25, 0.3) is 0 Å². The second-order valence-electron chi connectivity index (χ2n) is 6.93. The van der Waals surface area contributed by atoms with E-state index in [2.05, 4.69) is 53.0 Å². The molecule has 2 aromatic rings. The number of pyridine rings is 1. The Kier molecular flexibility index (Phi) is 10.1. The number of benzene rings is 1. The van der Waals surface area contributed by atoms with E-state index >= 15 is 0 Å². The van der Waals surface area contributed by atoms with Gasteiger partial charge in [-0.3, -0.25) is 4.98 Å². The van der Waals surface area contributed by atoms with Crippen molar-refractivity contribution in [3.63, 3.8) is 0 Å². The molecule has 2 N–H and O–H groups in total. The summed E-state index contributed by atoms with van der Waals surface area (Å²) in [5, 5.41) is 7.12. The highest BCUT2D eigenvalue weighted by Crippen LogP contribution is 2.27. The summed E-state index contributed by atoms with van der Waals surface area (Å²) in [7, 11) is 3.81. The summed E-state index contributed by atoms with van der Waals surface area (Å²) >= 11 is 0. The molecular formula is C21H31Cl2N3O. The fourth-order valence-electron chi connectivity index (χ4n) is 3.66. The van der Waals surface area contributed by atoms with Crippen LogP contribution in [-0.4, -0.2) is 31.2 Å². The number of nitrogens with one attached hydrogen (secondary N) is 2. The molecule has 1 saturated carbocycles. The second-order valence-corrected chi connectivity index (χ2v) is 6.93. The van der Waals surface area contributed by atoms with Gasteiger partial charge in [0, 0.05) is 36.1 Å². The maximum Gasteiger partial charge on any atom is 0.123 e. The largest absolute Gasteiger partial charge is 0.496 e. The van der Waals surface area contributed by atoms with Crippen molar-refractivity contribution < 1.29 is 4.74 Å². The fourth-order valence-corrected chi connectivity index (χ4v) is 3.66. The van der Waals surface area contributed by atoms with Gasteiger partial charge >= 0.3 is 0 Å². The second kappa shape index (κ2) is 11.5. The van der Waals surface area contributed by atoms with Crippen molar-refractivity contribution in [2.75, 3.05) is 14.2 Å². The standard InChI is InChI=1S/C21H29N3O.2ClH/c1-15-12-17(10-11-23-15)16-4-9-21(25-3)18(13-16)14-24-20-7-5-19(22-2)6-8-20;;/h4,9-13,19-20,22,24H,5-8,14H2,1-3H3;2*1H. The van der Waals surface area contributed by atoms with Crippen LogP contribution in [-0.2, 0) is 6.54 Å². The number of halogens is 2. The molecular weight excluding hydrogens is 381 g/mol. The zero-order valence-electron chi connectivity index (χ0n) is 16.3. The smallest absolute Gasteiger partial charge is 0.123 e. The van der Waals surface area contributed by atoms with Crippen LogP contribution in [0, 0.1) is 6.92 Å². The van der Waals surface area contributed by atoms with Gasteiger partial charge in [-0.05, 0) is 75.0 Å². The average molecular weight is 412 g/mol. The molecule has 0 radical (unpaired) electrons. The lowest BCUT2D eigenvalue weighted by molar-refractivity contribution is 0.315. The molecule has 0 saturated heterocycles. The van der Waals surface area contributed by atoms with Crippen molar-refractivity contribution in [1.29, 1.82) is 0 Å². The Balaban J connectivity index is 0.00000182. The predicted molar refractivity (Wildman–Crippen MR) is 117 cm³/mol. The third-order valence-electron chi connectivity index (χ3n) is 5.23. The molecule has 0 amide bonds. The van der Waals surface area contributed by atoms with Crippen LogP contribution >= 0.6 is 24.8 Å². The van der Waals surface area contributed by atoms with Crippen molar-refractivity contribution in [3.05, 3.63) is 47.8 Å². The maximum atomic E-state index is 5.57. The van der Waals surface area contributed by atoms with E-state index in [0.717, 1.165) is 18.0 Å². The third-order valence-corrected chi connectivity index (χ3v) is 5.23. The van der Waals surface area contributed by atoms with Crippen molar-refractivity contribution >= 4 is 24.8 Å². The molecule has 0 spiro atoms. The first-order chi connectivity index (χ1) is 12.2. The Bertz CT molecular complexity index is 704. The number of hydrogen-bond acceptors (Lipinski definition) is 4. The first-order valence-corrected chi connectivity index (χ1v) is 9.20. The molecule has 1 aliphatic carbocycles. The van der Waals surface area contributed by atoms with Gasteiger partial charge in [-0.25, -0.2) is 0 Å². The summed E-state index contributed by atoms with van der Waals surface area (Å²) in [6, 6.07) is 11.9. The van der Waals surface area contributed by atoms with E-state index in [-0.39, 0.29) is 24.8 Å². The molecule has 1 fully saturated rings. The zero-order valence-corrected chi connectivity index (χ0v) is 18.0. The van der Waals surface area contributed by atoms with Crippen LogP contribution in [0.4, 0.5) is 0 Å². The van der Waals surface area contributed by atoms with E-state index in [9.17, 15) is 0 Å². The first-order valence-electron chi connectivity index (χ1n) is 9.20. The van der Waals surface area contributed by atoms with Gasteiger partial charge in [0.05, 0.1) is 7.11 Å². The normalized spacial score (nSPS) is 18.9. The Morgan fingerprint density at radius 2 is 1.67 bits per heavy atom. The lowest BCUT2D eigenvalue weighted by atomic mass is 9.91. The maximum absolute atomic E-state index is 5.57. The average Bonchev–Trinajstić information content (AvgIpc) is 2.66. The number of ether oxygens (including phenoxy) is 1. The van der Waals surface area contributed by atoms with E-state index in [0.29, 0.717) is 12.1 Å². The molecule has 0 aliphatic heterocycles. The van der Waals surface area contributed by atoms with Gasteiger partial charge in [-0.1, -0.05) is 6.07 Å². The Hall–Kier alpha value is -1.33. The van der Waals surface area contributed by atoms with Crippen molar-refractivity contribution in [3.8, 4) is 16.9 Å². The first kappa shape index (κ1) is 23.7. The Morgan fingerprint density at radius 1 is 1.00 bits per heavy atom. The lowest BCUT2D eigenvalue weighted by Crippen LogP contribution is -2.38. The van der Waals surface area contributed by atoms with Crippen LogP contribution in [0.25, 0.3) is 11.1 Å². The summed E-state index contributed by atoms with van der Waals surface area (Å²) in [5.74, 6) is 0.950. The van der Waals surface area contributed by atoms with Gasteiger partial charge in [-0.2, -0.15) is 0 Å². The van der Waals surface area contributed by atoms with Crippen molar-refractivity contribution in [2.45, 2.75) is 51.2 Å². The highest BCUT2D eigenvalue weighted by molar-refractivity contribution is 5.85. The van der Waals surface area contributed by atoms with Gasteiger partial charge in [0.15, 0.2) is 0 Å². The molecule has 1 aromatic heterocycles. The zero-order chi connectivity index (χ0) is 17.6. The number of aryl methyl sites for hydroxylation is 1. The SMILES string of the molecule is CNC1CCC(NCc2cc(-c3ccnc(C)c3)ccc2OC)CC1.Cl.Cl. The molecule has 27 heavy (non-hydrogen) atoms. The summed E-state index contributed by atoms with van der Waals surface area (Å²) in [4.78, 5) is 4.29. The third kappa shape index (κ3) is 6.35. The molecule has 1 heterocycles. The van der Waals surface area contributed by atoms with Gasteiger partial charge in [0.2, 0.25) is 0 Å². The van der Waals surface area contributed by atoms with Crippen molar-refractivity contribution in [2.24, 2.45) is 0 Å². The summed E-state index contributed by atoms with van der Waals surface area (Å²) < 4.78 is 5.57. The minimum Gasteiger partial charge on any atom is -0.496 e. The van der Waals surface area contributed by atoms with Crippen LogP contribution < -0.4 is 15.4 Å². The molecule has 0 unspecified atom stereocenters.